The van der Waals surface area contributed by atoms with Crippen LogP contribution in [0.25, 0.3) is 0 Å². The normalized spacial score (nSPS) is 13.1. The van der Waals surface area contributed by atoms with Crippen molar-refractivity contribution >= 4 is 0 Å². The van der Waals surface area contributed by atoms with Crippen LogP contribution in [-0.2, 0) is 6.54 Å². The highest BCUT2D eigenvalue weighted by Gasteiger charge is 2.08. The number of rotatable bonds is 5. The lowest BCUT2D eigenvalue weighted by Gasteiger charge is -2.24. The van der Waals surface area contributed by atoms with E-state index in [1.54, 1.807) is 0 Å². The number of benzene rings is 1. The number of likely N-dealkylation sites (N-methyl/N-ethyl adjacent to an activating group) is 2. The average Bonchev–Trinajstić information content (AvgIpc) is 2.22. The second-order valence-corrected chi connectivity index (χ2v) is 3.95. The first-order valence-electron chi connectivity index (χ1n) is 5.22. The Labute approximate surface area is 91.1 Å². The van der Waals surface area contributed by atoms with Crippen molar-refractivity contribution in [3.05, 3.63) is 35.6 Å². The SMILES string of the molecule is CNCC(C)N(C)Cc1ccc(F)cc1. The maximum atomic E-state index is 12.7. The van der Waals surface area contributed by atoms with Gasteiger partial charge in [0.2, 0.25) is 0 Å². The molecule has 0 heterocycles. The second-order valence-electron chi connectivity index (χ2n) is 3.95. The van der Waals surface area contributed by atoms with Gasteiger partial charge >= 0.3 is 0 Å². The molecule has 0 saturated carbocycles. The second kappa shape index (κ2) is 5.83. The quantitative estimate of drug-likeness (QED) is 0.798. The molecule has 0 amide bonds. The molecule has 1 aromatic carbocycles. The van der Waals surface area contributed by atoms with E-state index < -0.39 is 0 Å². The third-order valence-electron chi connectivity index (χ3n) is 2.60. The van der Waals surface area contributed by atoms with E-state index in [2.05, 4.69) is 24.2 Å². The summed E-state index contributed by atoms with van der Waals surface area (Å²) >= 11 is 0. The topological polar surface area (TPSA) is 15.3 Å². The number of hydrogen-bond acceptors (Lipinski definition) is 2. The van der Waals surface area contributed by atoms with E-state index in [1.807, 2.05) is 19.2 Å². The van der Waals surface area contributed by atoms with E-state index in [0.717, 1.165) is 18.7 Å². The highest BCUT2D eigenvalue weighted by atomic mass is 19.1. The molecule has 1 aromatic rings. The van der Waals surface area contributed by atoms with Crippen molar-refractivity contribution in [3.8, 4) is 0 Å². The molecule has 0 radical (unpaired) electrons. The standard InChI is InChI=1S/C12H19FN2/c1-10(8-14-2)15(3)9-11-4-6-12(13)7-5-11/h4-7,10,14H,8-9H2,1-3H3. The predicted octanol–water partition coefficient (Wildman–Crippen LogP) is 1.87. The molecule has 0 aliphatic rings. The van der Waals surface area contributed by atoms with E-state index in [4.69, 9.17) is 0 Å². The van der Waals surface area contributed by atoms with Crippen LogP contribution in [0.3, 0.4) is 0 Å². The van der Waals surface area contributed by atoms with E-state index >= 15 is 0 Å². The monoisotopic (exact) mass is 210 g/mol. The maximum Gasteiger partial charge on any atom is 0.123 e. The lowest BCUT2D eigenvalue weighted by atomic mass is 10.2. The number of nitrogens with zero attached hydrogens (tertiary/aromatic N) is 1. The fraction of sp³-hybridized carbons (Fsp3) is 0.500. The molecule has 1 atom stereocenters. The van der Waals surface area contributed by atoms with Crippen LogP contribution in [0.4, 0.5) is 4.39 Å². The summed E-state index contributed by atoms with van der Waals surface area (Å²) in [5.41, 5.74) is 1.14. The van der Waals surface area contributed by atoms with Crippen molar-refractivity contribution in [1.82, 2.24) is 10.2 Å². The zero-order chi connectivity index (χ0) is 11.3. The van der Waals surface area contributed by atoms with Gasteiger partial charge in [-0.05, 0) is 38.7 Å². The molecule has 0 saturated heterocycles. The van der Waals surface area contributed by atoms with E-state index in [1.165, 1.54) is 12.1 Å². The van der Waals surface area contributed by atoms with E-state index in [-0.39, 0.29) is 5.82 Å². The summed E-state index contributed by atoms with van der Waals surface area (Å²) in [7, 11) is 4.02. The molecule has 0 aromatic heterocycles. The van der Waals surface area contributed by atoms with Crippen molar-refractivity contribution in [1.29, 1.82) is 0 Å². The fourth-order valence-corrected chi connectivity index (χ4v) is 1.48. The van der Waals surface area contributed by atoms with Crippen LogP contribution < -0.4 is 5.32 Å². The first-order valence-corrected chi connectivity index (χ1v) is 5.22. The van der Waals surface area contributed by atoms with Crippen LogP contribution in [0, 0.1) is 5.82 Å². The Bertz CT molecular complexity index is 284. The molecule has 0 bridgehead atoms. The van der Waals surface area contributed by atoms with Crippen LogP contribution >= 0.6 is 0 Å². The van der Waals surface area contributed by atoms with Gasteiger partial charge in [-0.1, -0.05) is 12.1 Å². The van der Waals surface area contributed by atoms with Gasteiger partial charge in [-0.25, -0.2) is 4.39 Å². The highest BCUT2D eigenvalue weighted by Crippen LogP contribution is 2.07. The third kappa shape index (κ3) is 3.98. The van der Waals surface area contributed by atoms with Gasteiger partial charge in [-0.15, -0.1) is 0 Å². The molecule has 15 heavy (non-hydrogen) atoms. The van der Waals surface area contributed by atoms with Gasteiger partial charge in [0.05, 0.1) is 0 Å². The predicted molar refractivity (Wildman–Crippen MR) is 61.3 cm³/mol. The number of nitrogens with one attached hydrogen (secondary N) is 1. The van der Waals surface area contributed by atoms with Gasteiger partial charge < -0.3 is 5.32 Å². The molecule has 1 rings (SSSR count). The maximum absolute atomic E-state index is 12.7. The van der Waals surface area contributed by atoms with E-state index in [0.29, 0.717) is 6.04 Å². The van der Waals surface area contributed by atoms with E-state index in [9.17, 15) is 4.39 Å². The smallest absolute Gasteiger partial charge is 0.123 e. The number of halogens is 1. The van der Waals surface area contributed by atoms with Gasteiger partial charge in [0.15, 0.2) is 0 Å². The first kappa shape index (κ1) is 12.1. The largest absolute Gasteiger partial charge is 0.318 e. The lowest BCUT2D eigenvalue weighted by molar-refractivity contribution is 0.246. The van der Waals surface area contributed by atoms with Gasteiger partial charge in [0, 0.05) is 19.1 Å². The van der Waals surface area contributed by atoms with Gasteiger partial charge in [-0.3, -0.25) is 4.90 Å². The van der Waals surface area contributed by atoms with Crippen LogP contribution in [0.1, 0.15) is 12.5 Å². The Morgan fingerprint density at radius 3 is 2.47 bits per heavy atom. The van der Waals surface area contributed by atoms with Crippen molar-refractivity contribution in [2.24, 2.45) is 0 Å². The number of hydrogen-bond donors (Lipinski definition) is 1. The Morgan fingerprint density at radius 2 is 1.93 bits per heavy atom. The Balaban J connectivity index is 2.50. The highest BCUT2D eigenvalue weighted by molar-refractivity contribution is 5.15. The summed E-state index contributed by atoms with van der Waals surface area (Å²) < 4.78 is 12.7. The minimum atomic E-state index is -0.176. The molecule has 0 spiro atoms. The summed E-state index contributed by atoms with van der Waals surface area (Å²) in [5.74, 6) is -0.176. The minimum Gasteiger partial charge on any atom is -0.318 e. The van der Waals surface area contributed by atoms with Crippen LogP contribution in [0.5, 0.6) is 0 Å². The summed E-state index contributed by atoms with van der Waals surface area (Å²) in [6.07, 6.45) is 0. The van der Waals surface area contributed by atoms with Crippen molar-refractivity contribution in [2.45, 2.75) is 19.5 Å². The van der Waals surface area contributed by atoms with Gasteiger partial charge in [-0.2, -0.15) is 0 Å². The molecular weight excluding hydrogens is 191 g/mol. The van der Waals surface area contributed by atoms with Gasteiger partial charge in [0.1, 0.15) is 5.82 Å². The van der Waals surface area contributed by atoms with Crippen LogP contribution in [0.2, 0.25) is 0 Å². The molecule has 0 aliphatic carbocycles. The molecular formula is C12H19FN2. The Kier molecular flexibility index (Phi) is 4.72. The molecule has 3 heteroatoms. The molecule has 2 nitrogen and oxygen atoms in total. The zero-order valence-corrected chi connectivity index (χ0v) is 9.63. The summed E-state index contributed by atoms with van der Waals surface area (Å²) in [6.45, 7) is 3.97. The summed E-state index contributed by atoms with van der Waals surface area (Å²) in [4.78, 5) is 2.24. The molecule has 0 aliphatic heterocycles. The first-order chi connectivity index (χ1) is 7.13. The van der Waals surface area contributed by atoms with Crippen molar-refractivity contribution < 1.29 is 4.39 Å². The van der Waals surface area contributed by atoms with Crippen LogP contribution in [-0.4, -0.2) is 31.6 Å². The summed E-state index contributed by atoms with van der Waals surface area (Å²) in [6, 6.07) is 7.15. The molecule has 84 valence electrons. The minimum absolute atomic E-state index is 0.176. The van der Waals surface area contributed by atoms with Crippen LogP contribution in [0.15, 0.2) is 24.3 Å². The molecule has 1 unspecified atom stereocenters. The Morgan fingerprint density at radius 1 is 1.33 bits per heavy atom. The molecule has 0 fully saturated rings. The zero-order valence-electron chi connectivity index (χ0n) is 9.63. The Hall–Kier alpha value is -0.930. The third-order valence-corrected chi connectivity index (χ3v) is 2.60. The summed E-state index contributed by atoms with van der Waals surface area (Å²) in [5, 5.41) is 3.14. The molecule has 1 N–H and O–H groups in total. The lowest BCUT2D eigenvalue weighted by Crippen LogP contribution is -2.36. The van der Waals surface area contributed by atoms with Gasteiger partial charge in [0.25, 0.3) is 0 Å². The fourth-order valence-electron chi connectivity index (χ4n) is 1.48. The van der Waals surface area contributed by atoms with Crippen molar-refractivity contribution in [3.63, 3.8) is 0 Å². The van der Waals surface area contributed by atoms with Crippen molar-refractivity contribution in [2.75, 3.05) is 20.6 Å². The average molecular weight is 210 g/mol.